The SMILES string of the molecule is CCCOc1cncc(C(NC)C2CCCC2C)c1. The van der Waals surface area contributed by atoms with E-state index >= 15 is 0 Å². The molecule has 1 aromatic heterocycles. The first-order chi connectivity index (χ1) is 9.26. The fourth-order valence-electron chi connectivity index (χ4n) is 3.20. The first-order valence-electron chi connectivity index (χ1n) is 7.51. The Morgan fingerprint density at radius 2 is 2.26 bits per heavy atom. The van der Waals surface area contributed by atoms with Crippen LogP contribution in [0.2, 0.25) is 0 Å². The molecule has 19 heavy (non-hydrogen) atoms. The molecule has 0 aromatic carbocycles. The maximum Gasteiger partial charge on any atom is 0.137 e. The summed E-state index contributed by atoms with van der Waals surface area (Å²) in [6.07, 6.45) is 8.83. The van der Waals surface area contributed by atoms with E-state index in [1.165, 1.54) is 24.8 Å². The summed E-state index contributed by atoms with van der Waals surface area (Å²) >= 11 is 0. The molecule has 1 saturated carbocycles. The molecule has 3 nitrogen and oxygen atoms in total. The van der Waals surface area contributed by atoms with Crippen LogP contribution in [0.25, 0.3) is 0 Å². The van der Waals surface area contributed by atoms with Crippen LogP contribution in [0.15, 0.2) is 18.5 Å². The second-order valence-electron chi connectivity index (χ2n) is 5.64. The Balaban J connectivity index is 2.13. The third-order valence-electron chi connectivity index (χ3n) is 4.23. The Morgan fingerprint density at radius 1 is 1.42 bits per heavy atom. The lowest BCUT2D eigenvalue weighted by Gasteiger charge is -2.27. The largest absolute Gasteiger partial charge is 0.492 e. The van der Waals surface area contributed by atoms with Crippen LogP contribution in [0.4, 0.5) is 0 Å². The smallest absolute Gasteiger partial charge is 0.137 e. The molecule has 3 atom stereocenters. The predicted molar refractivity (Wildman–Crippen MR) is 78.3 cm³/mol. The maximum atomic E-state index is 5.69. The molecule has 0 radical (unpaired) electrons. The molecule has 0 bridgehead atoms. The zero-order valence-corrected chi connectivity index (χ0v) is 12.4. The first kappa shape index (κ1) is 14.3. The van der Waals surface area contributed by atoms with E-state index in [1.807, 2.05) is 12.4 Å². The minimum absolute atomic E-state index is 0.398. The van der Waals surface area contributed by atoms with Crippen molar-refractivity contribution in [1.82, 2.24) is 10.3 Å². The van der Waals surface area contributed by atoms with Gasteiger partial charge in [0.2, 0.25) is 0 Å². The average molecular weight is 262 g/mol. The summed E-state index contributed by atoms with van der Waals surface area (Å²) in [5.41, 5.74) is 1.26. The van der Waals surface area contributed by atoms with Gasteiger partial charge in [-0.25, -0.2) is 0 Å². The van der Waals surface area contributed by atoms with Gasteiger partial charge in [-0.2, -0.15) is 0 Å². The summed E-state index contributed by atoms with van der Waals surface area (Å²) in [4.78, 5) is 4.34. The van der Waals surface area contributed by atoms with E-state index in [9.17, 15) is 0 Å². The third kappa shape index (κ3) is 3.47. The average Bonchev–Trinajstić information content (AvgIpc) is 2.84. The topological polar surface area (TPSA) is 34.1 Å². The Hall–Kier alpha value is -1.09. The number of aromatic nitrogens is 1. The van der Waals surface area contributed by atoms with E-state index in [1.54, 1.807) is 0 Å². The number of hydrogen-bond donors (Lipinski definition) is 1. The van der Waals surface area contributed by atoms with E-state index in [0.717, 1.165) is 24.7 Å². The molecule has 0 saturated heterocycles. The van der Waals surface area contributed by atoms with Crippen LogP contribution >= 0.6 is 0 Å². The molecular weight excluding hydrogens is 236 g/mol. The van der Waals surface area contributed by atoms with Crippen molar-refractivity contribution < 1.29 is 4.74 Å². The molecule has 1 aromatic rings. The van der Waals surface area contributed by atoms with Gasteiger partial charge < -0.3 is 10.1 Å². The molecule has 1 aliphatic rings. The molecule has 3 heteroatoms. The van der Waals surface area contributed by atoms with Crippen LogP contribution in [0.1, 0.15) is 51.1 Å². The molecule has 2 rings (SSSR count). The van der Waals surface area contributed by atoms with Crippen LogP contribution in [0.5, 0.6) is 5.75 Å². The fourth-order valence-corrected chi connectivity index (χ4v) is 3.20. The van der Waals surface area contributed by atoms with E-state index in [-0.39, 0.29) is 0 Å². The van der Waals surface area contributed by atoms with Gasteiger partial charge in [0, 0.05) is 12.2 Å². The summed E-state index contributed by atoms with van der Waals surface area (Å²) in [6, 6.07) is 2.55. The summed E-state index contributed by atoms with van der Waals surface area (Å²) in [7, 11) is 2.05. The van der Waals surface area contributed by atoms with Gasteiger partial charge in [-0.05, 0) is 43.4 Å². The Kier molecular flexibility index (Phi) is 5.20. The van der Waals surface area contributed by atoms with Crippen LogP contribution in [0, 0.1) is 11.8 Å². The summed E-state index contributed by atoms with van der Waals surface area (Å²) < 4.78 is 5.69. The lowest BCUT2D eigenvalue weighted by molar-refractivity contribution is 0.304. The number of ether oxygens (including phenoxy) is 1. The van der Waals surface area contributed by atoms with Gasteiger partial charge in [0.15, 0.2) is 0 Å². The maximum absolute atomic E-state index is 5.69. The van der Waals surface area contributed by atoms with Crippen molar-refractivity contribution >= 4 is 0 Å². The Morgan fingerprint density at radius 3 is 2.89 bits per heavy atom. The monoisotopic (exact) mass is 262 g/mol. The van der Waals surface area contributed by atoms with E-state index < -0.39 is 0 Å². The van der Waals surface area contributed by atoms with Crippen molar-refractivity contribution in [3.8, 4) is 5.75 Å². The second kappa shape index (κ2) is 6.90. The molecule has 0 amide bonds. The summed E-state index contributed by atoms with van der Waals surface area (Å²) in [6.45, 7) is 5.25. The molecule has 1 heterocycles. The van der Waals surface area contributed by atoms with Crippen molar-refractivity contribution in [3.63, 3.8) is 0 Å². The normalized spacial score (nSPS) is 24.4. The van der Waals surface area contributed by atoms with Crippen LogP contribution in [-0.2, 0) is 0 Å². The van der Waals surface area contributed by atoms with Gasteiger partial charge in [0.25, 0.3) is 0 Å². The standard InChI is InChI=1S/C16H26N2O/c1-4-8-19-14-9-13(10-18-11-14)16(17-3)15-7-5-6-12(15)2/h9-12,15-17H,4-8H2,1-3H3. The number of pyridine rings is 1. The fraction of sp³-hybridized carbons (Fsp3) is 0.688. The summed E-state index contributed by atoms with van der Waals surface area (Å²) in [5, 5.41) is 3.48. The number of nitrogens with one attached hydrogen (secondary N) is 1. The van der Waals surface area contributed by atoms with Gasteiger partial charge in [0.05, 0.1) is 12.8 Å². The van der Waals surface area contributed by atoms with Crippen molar-refractivity contribution in [2.75, 3.05) is 13.7 Å². The highest BCUT2D eigenvalue weighted by Crippen LogP contribution is 2.40. The number of nitrogens with zero attached hydrogens (tertiary/aromatic N) is 1. The highest BCUT2D eigenvalue weighted by Gasteiger charge is 2.31. The van der Waals surface area contributed by atoms with E-state index in [0.29, 0.717) is 12.0 Å². The van der Waals surface area contributed by atoms with Crippen molar-refractivity contribution in [3.05, 3.63) is 24.0 Å². The highest BCUT2D eigenvalue weighted by molar-refractivity contribution is 5.26. The molecule has 0 spiro atoms. The molecule has 1 fully saturated rings. The van der Waals surface area contributed by atoms with Gasteiger partial charge in [0.1, 0.15) is 5.75 Å². The highest BCUT2D eigenvalue weighted by atomic mass is 16.5. The van der Waals surface area contributed by atoms with Crippen LogP contribution < -0.4 is 10.1 Å². The van der Waals surface area contributed by atoms with Crippen molar-refractivity contribution in [2.45, 2.75) is 45.6 Å². The lowest BCUT2D eigenvalue weighted by Crippen LogP contribution is -2.27. The zero-order valence-electron chi connectivity index (χ0n) is 12.4. The van der Waals surface area contributed by atoms with E-state index in [2.05, 4.69) is 37.3 Å². The van der Waals surface area contributed by atoms with Gasteiger partial charge >= 0.3 is 0 Å². The quantitative estimate of drug-likeness (QED) is 0.851. The van der Waals surface area contributed by atoms with Gasteiger partial charge in [-0.1, -0.05) is 26.7 Å². The molecule has 0 aliphatic heterocycles. The minimum Gasteiger partial charge on any atom is -0.492 e. The second-order valence-corrected chi connectivity index (χ2v) is 5.64. The summed E-state index contributed by atoms with van der Waals surface area (Å²) in [5.74, 6) is 2.40. The molecular formula is C16H26N2O. The minimum atomic E-state index is 0.398. The molecule has 1 N–H and O–H groups in total. The van der Waals surface area contributed by atoms with Gasteiger partial charge in [-0.3, -0.25) is 4.98 Å². The third-order valence-corrected chi connectivity index (χ3v) is 4.23. The van der Waals surface area contributed by atoms with Gasteiger partial charge in [-0.15, -0.1) is 0 Å². The number of hydrogen-bond acceptors (Lipinski definition) is 3. The number of rotatable bonds is 6. The van der Waals surface area contributed by atoms with Crippen molar-refractivity contribution in [1.29, 1.82) is 0 Å². The first-order valence-corrected chi connectivity index (χ1v) is 7.51. The van der Waals surface area contributed by atoms with Crippen LogP contribution in [0.3, 0.4) is 0 Å². The molecule has 3 unspecified atom stereocenters. The Bertz CT molecular complexity index is 394. The zero-order chi connectivity index (χ0) is 13.7. The molecule has 106 valence electrons. The van der Waals surface area contributed by atoms with E-state index in [4.69, 9.17) is 4.74 Å². The van der Waals surface area contributed by atoms with Crippen LogP contribution in [-0.4, -0.2) is 18.6 Å². The Labute approximate surface area is 116 Å². The van der Waals surface area contributed by atoms with Crippen molar-refractivity contribution in [2.24, 2.45) is 11.8 Å². The lowest BCUT2D eigenvalue weighted by atomic mass is 9.86. The molecule has 1 aliphatic carbocycles. The predicted octanol–water partition coefficient (Wildman–Crippen LogP) is 3.57.